The van der Waals surface area contributed by atoms with E-state index in [1.165, 1.54) is 10.8 Å². The molecule has 1 aliphatic rings. The van der Waals surface area contributed by atoms with Gasteiger partial charge in [-0.05, 0) is 37.1 Å². The van der Waals surface area contributed by atoms with Gasteiger partial charge in [0.2, 0.25) is 5.91 Å². The van der Waals surface area contributed by atoms with Gasteiger partial charge in [-0.1, -0.05) is 53.5 Å². The predicted octanol–water partition coefficient (Wildman–Crippen LogP) is 3.13. The number of rotatable bonds is 9. The zero-order chi connectivity index (χ0) is 25.3. The molecule has 1 aliphatic carbocycles. The number of carbonyl (C=O) groups is 1. The Balaban J connectivity index is 1.29. The molecule has 11 heteroatoms. The molecule has 186 valence electrons. The lowest BCUT2D eigenvalue weighted by molar-refractivity contribution is -0.121. The fourth-order valence-electron chi connectivity index (χ4n) is 4.47. The Bertz CT molecular complexity index is 1470. The van der Waals surface area contributed by atoms with Gasteiger partial charge in [0, 0.05) is 30.4 Å². The molecule has 2 unspecified atom stereocenters. The summed E-state index contributed by atoms with van der Waals surface area (Å²) in [5, 5.41) is 10.9. The van der Waals surface area contributed by atoms with E-state index >= 15 is 0 Å². The molecular formula is C25H25Cl2N7O2. The van der Waals surface area contributed by atoms with Crippen molar-refractivity contribution in [3.05, 3.63) is 86.6 Å². The van der Waals surface area contributed by atoms with Crippen LogP contribution in [0, 0.1) is 0 Å². The molecule has 0 spiro atoms. The average molecular weight is 526 g/mol. The molecule has 4 N–H and O–H groups in total. The molecular weight excluding hydrogens is 501 g/mol. The number of halogens is 2. The highest BCUT2D eigenvalue weighted by Crippen LogP contribution is 2.41. The van der Waals surface area contributed by atoms with Crippen molar-refractivity contribution < 1.29 is 4.79 Å². The average Bonchev–Trinajstić information content (AvgIpc) is 3.44. The highest BCUT2D eigenvalue weighted by molar-refractivity contribution is 6.35. The summed E-state index contributed by atoms with van der Waals surface area (Å²) in [5.74, 6) is -0.201. The van der Waals surface area contributed by atoms with Crippen LogP contribution in [0.4, 0.5) is 5.82 Å². The Labute approximate surface area is 217 Å². The maximum atomic E-state index is 13.2. The van der Waals surface area contributed by atoms with Gasteiger partial charge in [0.15, 0.2) is 5.82 Å². The Morgan fingerprint density at radius 1 is 1.19 bits per heavy atom. The monoisotopic (exact) mass is 525 g/mol. The molecule has 3 heterocycles. The predicted molar refractivity (Wildman–Crippen MR) is 140 cm³/mol. The Morgan fingerprint density at radius 2 is 2.00 bits per heavy atom. The van der Waals surface area contributed by atoms with Gasteiger partial charge in [0.05, 0.1) is 16.8 Å². The largest absolute Gasteiger partial charge is 0.358 e. The van der Waals surface area contributed by atoms with Crippen LogP contribution < -0.4 is 21.5 Å². The van der Waals surface area contributed by atoms with Crippen LogP contribution >= 0.6 is 23.2 Å². The number of anilines is 1. The summed E-state index contributed by atoms with van der Waals surface area (Å²) in [5.41, 5.74) is 1.81. The number of hydrogen-bond acceptors (Lipinski definition) is 6. The van der Waals surface area contributed by atoms with E-state index in [4.69, 9.17) is 23.2 Å². The second-order valence-corrected chi connectivity index (χ2v) is 9.76. The smallest absolute Gasteiger partial charge is 0.294 e. The lowest BCUT2D eigenvalue weighted by atomic mass is 10.0. The van der Waals surface area contributed by atoms with Crippen molar-refractivity contribution in [2.45, 2.75) is 37.5 Å². The standard InChI is InChI=1S/C25H25Cl2N7O2/c1-28-19-9-25(19,8-15-5-3-2-4-6-15)33-23-24(36)34(20(27)13-32-23)14-21(35)29-10-16-7-17-18(26)12-31-22(17)30-11-16/h2-7,11-13,19,28H,8-10,14H2,1H3,(H,29,35)(H,30,31)(H,32,33). The molecule has 1 fully saturated rings. The molecule has 4 aromatic rings. The number of nitrogens with zero attached hydrogens (tertiary/aromatic N) is 3. The topological polar surface area (TPSA) is 117 Å². The van der Waals surface area contributed by atoms with Crippen LogP contribution in [0.25, 0.3) is 11.0 Å². The zero-order valence-corrected chi connectivity index (χ0v) is 21.0. The number of fused-ring (bicyclic) bond motifs is 1. The van der Waals surface area contributed by atoms with Crippen molar-refractivity contribution in [3.63, 3.8) is 0 Å². The fourth-order valence-corrected chi connectivity index (χ4v) is 4.85. The van der Waals surface area contributed by atoms with Crippen molar-refractivity contribution >= 4 is 46.0 Å². The van der Waals surface area contributed by atoms with Crippen LogP contribution in [0.2, 0.25) is 10.2 Å². The van der Waals surface area contributed by atoms with Crippen molar-refractivity contribution in [2.75, 3.05) is 12.4 Å². The molecule has 36 heavy (non-hydrogen) atoms. The van der Waals surface area contributed by atoms with E-state index in [2.05, 4.69) is 43.0 Å². The van der Waals surface area contributed by atoms with Crippen LogP contribution in [-0.4, -0.2) is 44.1 Å². The molecule has 1 saturated carbocycles. The first-order chi connectivity index (χ1) is 17.4. The number of pyridine rings is 1. The van der Waals surface area contributed by atoms with E-state index in [-0.39, 0.29) is 41.5 Å². The minimum absolute atomic E-state index is 0.0842. The number of hydrogen-bond donors (Lipinski definition) is 4. The summed E-state index contributed by atoms with van der Waals surface area (Å²) in [6, 6.07) is 12.1. The lowest BCUT2D eigenvalue weighted by Crippen LogP contribution is -2.39. The van der Waals surface area contributed by atoms with E-state index in [1.54, 1.807) is 12.4 Å². The van der Waals surface area contributed by atoms with Gasteiger partial charge in [-0.2, -0.15) is 0 Å². The minimum atomic E-state index is -0.450. The third kappa shape index (κ3) is 4.95. The zero-order valence-electron chi connectivity index (χ0n) is 19.5. The van der Waals surface area contributed by atoms with Gasteiger partial charge >= 0.3 is 0 Å². The number of aromatic nitrogens is 4. The van der Waals surface area contributed by atoms with E-state index in [9.17, 15) is 9.59 Å². The fraction of sp³-hybridized carbons (Fsp3) is 0.280. The van der Waals surface area contributed by atoms with Gasteiger partial charge < -0.3 is 20.9 Å². The number of aromatic amines is 1. The number of nitrogens with one attached hydrogen (secondary N) is 4. The molecule has 2 atom stereocenters. The first kappa shape index (κ1) is 24.3. The highest BCUT2D eigenvalue weighted by atomic mass is 35.5. The minimum Gasteiger partial charge on any atom is -0.358 e. The van der Waals surface area contributed by atoms with Gasteiger partial charge in [0.1, 0.15) is 17.3 Å². The number of benzene rings is 1. The molecule has 9 nitrogen and oxygen atoms in total. The van der Waals surface area contributed by atoms with Crippen LogP contribution in [-0.2, 0) is 24.3 Å². The Kier molecular flexibility index (Phi) is 6.70. The molecule has 1 amide bonds. The second-order valence-electron chi connectivity index (χ2n) is 8.96. The van der Waals surface area contributed by atoms with E-state index in [0.29, 0.717) is 10.7 Å². The molecule has 0 saturated heterocycles. The number of carbonyl (C=O) groups excluding carboxylic acids is 1. The maximum Gasteiger partial charge on any atom is 0.294 e. The molecule has 3 aromatic heterocycles. The third-order valence-electron chi connectivity index (χ3n) is 6.49. The molecule has 0 aliphatic heterocycles. The van der Waals surface area contributed by atoms with Crippen LogP contribution in [0.3, 0.4) is 0 Å². The SMILES string of the molecule is CNC1CC1(Cc1ccccc1)Nc1ncc(Cl)n(CC(=O)NCc2cnc3[nH]cc(Cl)c3c2)c1=O. The summed E-state index contributed by atoms with van der Waals surface area (Å²) in [6.07, 6.45) is 6.27. The van der Waals surface area contributed by atoms with Crippen LogP contribution in [0.15, 0.2) is 59.8 Å². The Hall–Kier alpha value is -3.40. The van der Waals surface area contributed by atoms with Gasteiger partial charge in [0.25, 0.3) is 5.56 Å². The van der Waals surface area contributed by atoms with Crippen molar-refractivity contribution in [1.29, 1.82) is 0 Å². The number of H-pyrrole nitrogens is 1. The first-order valence-corrected chi connectivity index (χ1v) is 12.3. The lowest BCUT2D eigenvalue weighted by Gasteiger charge is -2.21. The third-order valence-corrected chi connectivity index (χ3v) is 7.10. The molecule has 0 radical (unpaired) electrons. The van der Waals surface area contributed by atoms with Gasteiger partial charge in [-0.15, -0.1) is 0 Å². The second kappa shape index (κ2) is 9.93. The van der Waals surface area contributed by atoms with E-state index in [0.717, 1.165) is 29.4 Å². The van der Waals surface area contributed by atoms with Crippen LogP contribution in [0.1, 0.15) is 17.5 Å². The van der Waals surface area contributed by atoms with E-state index in [1.807, 2.05) is 31.3 Å². The van der Waals surface area contributed by atoms with Gasteiger partial charge in [-0.3, -0.25) is 14.2 Å². The van der Waals surface area contributed by atoms with Crippen molar-refractivity contribution in [1.82, 2.24) is 30.2 Å². The summed E-state index contributed by atoms with van der Waals surface area (Å²) in [4.78, 5) is 37.4. The van der Waals surface area contributed by atoms with E-state index < -0.39 is 5.56 Å². The number of amides is 1. The summed E-state index contributed by atoms with van der Waals surface area (Å²) >= 11 is 12.4. The quantitative estimate of drug-likeness (QED) is 0.266. The summed E-state index contributed by atoms with van der Waals surface area (Å²) in [7, 11) is 1.90. The normalized spacial score (nSPS) is 18.8. The highest BCUT2D eigenvalue weighted by Gasteiger charge is 2.54. The van der Waals surface area contributed by atoms with Crippen molar-refractivity contribution in [3.8, 4) is 0 Å². The van der Waals surface area contributed by atoms with Crippen molar-refractivity contribution in [2.24, 2.45) is 0 Å². The number of likely N-dealkylation sites (N-methyl/N-ethyl adjacent to an activating group) is 1. The molecule has 5 rings (SSSR count). The summed E-state index contributed by atoms with van der Waals surface area (Å²) < 4.78 is 1.21. The maximum absolute atomic E-state index is 13.2. The molecule has 1 aromatic carbocycles. The summed E-state index contributed by atoms with van der Waals surface area (Å²) in [6.45, 7) is -0.00747. The molecule has 0 bridgehead atoms. The Morgan fingerprint density at radius 3 is 2.75 bits per heavy atom. The first-order valence-electron chi connectivity index (χ1n) is 11.5. The van der Waals surface area contributed by atoms with Crippen LogP contribution in [0.5, 0.6) is 0 Å². The van der Waals surface area contributed by atoms with Gasteiger partial charge in [-0.25, -0.2) is 9.97 Å².